The molecule has 2 aromatic heterocycles. The van der Waals surface area contributed by atoms with Crippen molar-refractivity contribution in [2.24, 2.45) is 0 Å². The number of rotatable bonds is 16. The molecule has 0 bridgehead atoms. The number of thiazole rings is 1. The van der Waals surface area contributed by atoms with Gasteiger partial charge in [0.2, 0.25) is 0 Å². The molecule has 3 rings (SSSR count). The molecule has 3 nitrogen and oxygen atoms in total. The highest BCUT2D eigenvalue weighted by atomic mass is 32.1. The van der Waals surface area contributed by atoms with Crippen molar-refractivity contribution >= 4 is 16.3 Å². The maximum atomic E-state index is 5.93. The van der Waals surface area contributed by atoms with Gasteiger partial charge in [-0.25, -0.2) is 4.98 Å². The van der Waals surface area contributed by atoms with Crippen molar-refractivity contribution in [3.63, 3.8) is 0 Å². The molecule has 1 aromatic carbocycles. The van der Waals surface area contributed by atoms with Gasteiger partial charge in [-0.05, 0) is 49.3 Å². The molecule has 0 aliphatic rings. The van der Waals surface area contributed by atoms with Crippen molar-refractivity contribution in [2.45, 2.75) is 103 Å². The Hall–Kier alpha value is -1.81. The van der Waals surface area contributed by atoms with Gasteiger partial charge in [0, 0.05) is 29.4 Å². The van der Waals surface area contributed by atoms with Crippen molar-refractivity contribution in [3.05, 3.63) is 53.3 Å². The van der Waals surface area contributed by atoms with Gasteiger partial charge in [-0.15, -0.1) is 11.3 Å². The van der Waals surface area contributed by atoms with Crippen molar-refractivity contribution in [1.29, 1.82) is 0 Å². The molecule has 2 heterocycles. The lowest BCUT2D eigenvalue weighted by Gasteiger charge is -2.18. The lowest BCUT2D eigenvalue weighted by molar-refractivity contribution is 0.304. The summed E-state index contributed by atoms with van der Waals surface area (Å²) in [6, 6.07) is 8.84. The molecule has 0 N–H and O–H groups in total. The minimum Gasteiger partial charge on any atom is -0.494 e. The highest BCUT2D eigenvalue weighted by Crippen LogP contribution is 2.33. The fourth-order valence-electron chi connectivity index (χ4n) is 4.55. The van der Waals surface area contributed by atoms with Crippen LogP contribution in [0.5, 0.6) is 5.75 Å². The summed E-state index contributed by atoms with van der Waals surface area (Å²) in [5.41, 5.74) is 2.89. The van der Waals surface area contributed by atoms with Crippen LogP contribution in [0.15, 0.2) is 42.0 Å². The number of hydrogen-bond acceptors (Lipinski definition) is 3. The first-order valence-electron chi connectivity index (χ1n) is 12.9. The molecular formula is C28H42N2OS. The summed E-state index contributed by atoms with van der Waals surface area (Å²) in [7, 11) is 0. The molecule has 0 saturated carbocycles. The van der Waals surface area contributed by atoms with Gasteiger partial charge in [0.1, 0.15) is 5.75 Å². The summed E-state index contributed by atoms with van der Waals surface area (Å²) >= 11 is 1.77. The molecule has 0 fully saturated rings. The van der Waals surface area contributed by atoms with Gasteiger partial charge in [-0.1, -0.05) is 77.8 Å². The van der Waals surface area contributed by atoms with E-state index in [0.717, 1.165) is 23.7 Å². The summed E-state index contributed by atoms with van der Waals surface area (Å²) in [4.78, 5) is 5.59. The standard InChI is InChI=1S/C28H42N2OS/c1-4-6-8-9-10-21-31-26-17-15-24(16-18-26)23(3)12-11-14-25(13-7-5-2)27-22-32-28-29-19-20-30(27)28/h15-20,22-23,25H,4-14,21H2,1-3H3. The number of fused-ring (bicyclic) bond motifs is 1. The SMILES string of the molecule is CCCCCCCOc1ccc(C(C)CCCC(CCCC)c2csc3nccn23)cc1. The number of benzene rings is 1. The molecule has 2 atom stereocenters. The van der Waals surface area contributed by atoms with Crippen LogP contribution < -0.4 is 4.74 Å². The van der Waals surface area contributed by atoms with Crippen LogP contribution >= 0.6 is 11.3 Å². The average Bonchev–Trinajstić information content (AvgIpc) is 3.43. The number of nitrogens with zero attached hydrogens (tertiary/aromatic N) is 2. The van der Waals surface area contributed by atoms with E-state index in [2.05, 4.69) is 66.0 Å². The molecule has 0 aliphatic heterocycles. The van der Waals surface area contributed by atoms with Crippen LogP contribution in [-0.2, 0) is 0 Å². The molecule has 0 saturated heterocycles. The predicted molar refractivity (Wildman–Crippen MR) is 138 cm³/mol. The van der Waals surface area contributed by atoms with Gasteiger partial charge < -0.3 is 4.74 Å². The smallest absolute Gasteiger partial charge is 0.193 e. The fraction of sp³-hybridized carbons (Fsp3) is 0.607. The molecule has 176 valence electrons. The third-order valence-electron chi connectivity index (χ3n) is 6.65. The van der Waals surface area contributed by atoms with Crippen LogP contribution in [0.4, 0.5) is 0 Å². The molecule has 3 aromatic rings. The zero-order valence-corrected chi connectivity index (χ0v) is 21.2. The van der Waals surface area contributed by atoms with E-state index >= 15 is 0 Å². The fourth-order valence-corrected chi connectivity index (χ4v) is 5.49. The van der Waals surface area contributed by atoms with E-state index in [1.165, 1.54) is 75.5 Å². The third-order valence-corrected chi connectivity index (χ3v) is 7.52. The van der Waals surface area contributed by atoms with Crippen LogP contribution in [0.2, 0.25) is 0 Å². The molecule has 4 heteroatoms. The normalized spacial score (nSPS) is 13.5. The summed E-state index contributed by atoms with van der Waals surface area (Å²) < 4.78 is 8.24. The van der Waals surface area contributed by atoms with Gasteiger partial charge in [0.15, 0.2) is 4.96 Å². The molecule has 0 amide bonds. The van der Waals surface area contributed by atoms with Crippen molar-refractivity contribution in [1.82, 2.24) is 9.38 Å². The number of ether oxygens (including phenoxy) is 1. The zero-order valence-electron chi connectivity index (χ0n) is 20.4. The Labute approximate surface area is 199 Å². The number of hydrogen-bond donors (Lipinski definition) is 0. The second-order valence-corrected chi connectivity index (χ2v) is 10.1. The van der Waals surface area contributed by atoms with E-state index in [1.807, 2.05) is 6.20 Å². The quantitative estimate of drug-likeness (QED) is 0.202. The van der Waals surface area contributed by atoms with E-state index in [-0.39, 0.29) is 0 Å². The lowest BCUT2D eigenvalue weighted by Crippen LogP contribution is -2.04. The van der Waals surface area contributed by atoms with Crippen molar-refractivity contribution < 1.29 is 4.74 Å². The number of imidazole rings is 1. The van der Waals surface area contributed by atoms with Crippen LogP contribution in [-0.4, -0.2) is 16.0 Å². The average molecular weight is 455 g/mol. The molecule has 0 aliphatic carbocycles. The van der Waals surface area contributed by atoms with Gasteiger partial charge in [0.05, 0.1) is 6.61 Å². The highest BCUT2D eigenvalue weighted by Gasteiger charge is 2.17. The number of aromatic nitrogens is 2. The summed E-state index contributed by atoms with van der Waals surface area (Å²) in [6.07, 6.45) is 18.0. The Kier molecular flexibility index (Phi) is 10.6. The Morgan fingerprint density at radius 2 is 1.66 bits per heavy atom. The van der Waals surface area contributed by atoms with Crippen molar-refractivity contribution in [2.75, 3.05) is 6.61 Å². The lowest BCUT2D eigenvalue weighted by atomic mass is 9.89. The Balaban J connectivity index is 1.44. The minimum absolute atomic E-state index is 0.584. The number of unbranched alkanes of at least 4 members (excludes halogenated alkanes) is 5. The maximum absolute atomic E-state index is 5.93. The first kappa shape index (κ1) is 24.8. The van der Waals surface area contributed by atoms with Crippen LogP contribution in [0, 0.1) is 0 Å². The van der Waals surface area contributed by atoms with E-state index in [0.29, 0.717) is 11.8 Å². The molecule has 0 radical (unpaired) electrons. The Bertz CT molecular complexity index is 882. The second-order valence-electron chi connectivity index (χ2n) is 9.24. The Morgan fingerprint density at radius 1 is 0.906 bits per heavy atom. The highest BCUT2D eigenvalue weighted by molar-refractivity contribution is 7.15. The van der Waals surface area contributed by atoms with Gasteiger partial charge in [-0.2, -0.15) is 0 Å². The summed E-state index contributed by atoms with van der Waals surface area (Å²) in [5.74, 6) is 2.23. The molecule has 32 heavy (non-hydrogen) atoms. The molecule has 0 spiro atoms. The summed E-state index contributed by atoms with van der Waals surface area (Å²) in [5, 5.41) is 2.33. The molecule has 2 unspecified atom stereocenters. The predicted octanol–water partition coefficient (Wildman–Crippen LogP) is 8.99. The second kappa shape index (κ2) is 13.7. The van der Waals surface area contributed by atoms with E-state index in [9.17, 15) is 0 Å². The minimum atomic E-state index is 0.584. The van der Waals surface area contributed by atoms with E-state index < -0.39 is 0 Å². The van der Waals surface area contributed by atoms with Crippen LogP contribution in [0.3, 0.4) is 0 Å². The maximum Gasteiger partial charge on any atom is 0.193 e. The Morgan fingerprint density at radius 3 is 2.44 bits per heavy atom. The van der Waals surface area contributed by atoms with Crippen LogP contribution in [0.25, 0.3) is 4.96 Å². The zero-order chi connectivity index (χ0) is 22.6. The summed E-state index contributed by atoms with van der Waals surface area (Å²) in [6.45, 7) is 7.75. The van der Waals surface area contributed by atoms with Crippen LogP contribution in [0.1, 0.15) is 114 Å². The van der Waals surface area contributed by atoms with Gasteiger partial charge in [-0.3, -0.25) is 4.40 Å². The van der Waals surface area contributed by atoms with E-state index in [1.54, 1.807) is 11.3 Å². The monoisotopic (exact) mass is 454 g/mol. The van der Waals surface area contributed by atoms with Crippen molar-refractivity contribution in [3.8, 4) is 5.75 Å². The largest absolute Gasteiger partial charge is 0.494 e. The van der Waals surface area contributed by atoms with Gasteiger partial charge in [0.25, 0.3) is 0 Å². The first-order chi connectivity index (χ1) is 15.7. The molecular weight excluding hydrogens is 412 g/mol. The third kappa shape index (κ3) is 7.37. The van der Waals surface area contributed by atoms with Gasteiger partial charge >= 0.3 is 0 Å². The topological polar surface area (TPSA) is 26.5 Å². The first-order valence-corrected chi connectivity index (χ1v) is 13.7. The van der Waals surface area contributed by atoms with E-state index in [4.69, 9.17) is 4.74 Å².